The van der Waals surface area contributed by atoms with Crippen LogP contribution in [0.2, 0.25) is 0 Å². The molecule has 94 heavy (non-hydrogen) atoms. The van der Waals surface area contributed by atoms with E-state index < -0.39 is 0 Å². The Morgan fingerprint density at radius 1 is 0.191 bits per heavy atom. The van der Waals surface area contributed by atoms with E-state index in [-0.39, 0.29) is 11.8 Å². The maximum absolute atomic E-state index is 5.43. The third-order valence-corrected chi connectivity index (χ3v) is 19.5. The summed E-state index contributed by atoms with van der Waals surface area (Å²) in [6, 6.07) is 118. The zero-order chi connectivity index (χ0) is 61.8. The average molecular weight is 1200 g/mol. The number of hydrogen-bond donors (Lipinski definition) is 0. The van der Waals surface area contributed by atoms with Crippen molar-refractivity contribution >= 4 is 43.6 Å². The molecule has 6 heteroatoms. The molecule has 438 valence electrons. The van der Waals surface area contributed by atoms with Crippen molar-refractivity contribution in [1.29, 1.82) is 0 Å². The molecule has 4 heterocycles. The van der Waals surface area contributed by atoms with Crippen LogP contribution in [-0.4, -0.2) is 29.1 Å². The molecule has 2 unspecified atom stereocenters. The second-order valence-corrected chi connectivity index (χ2v) is 24.8. The molecule has 0 aliphatic heterocycles. The van der Waals surface area contributed by atoms with Gasteiger partial charge in [0.25, 0.3) is 0 Å². The Morgan fingerprint density at radius 3 is 0.894 bits per heavy atom. The van der Waals surface area contributed by atoms with Crippen molar-refractivity contribution < 1.29 is 0 Å². The highest BCUT2D eigenvalue weighted by Gasteiger charge is 2.42. The number of para-hydroxylation sites is 4. The molecule has 2 bridgehead atoms. The van der Waals surface area contributed by atoms with E-state index in [1.165, 1.54) is 88.1 Å². The molecule has 0 spiro atoms. The van der Waals surface area contributed by atoms with Gasteiger partial charge in [0, 0.05) is 78.1 Å². The van der Waals surface area contributed by atoms with E-state index in [1.54, 1.807) is 0 Å². The lowest BCUT2D eigenvalue weighted by atomic mass is 9.61. The Balaban J connectivity index is 0.664. The van der Waals surface area contributed by atoms with Gasteiger partial charge in [0.2, 0.25) is 0 Å². The van der Waals surface area contributed by atoms with Crippen LogP contribution < -0.4 is 0 Å². The van der Waals surface area contributed by atoms with Gasteiger partial charge in [-0.05, 0) is 141 Å². The van der Waals surface area contributed by atoms with Crippen LogP contribution in [0.1, 0.15) is 45.2 Å². The van der Waals surface area contributed by atoms with E-state index in [4.69, 9.17) is 19.9 Å². The standard InChI is InChI=1S/C88H56N6/c1-5-19-57(20-6-1)77-53-79(59-37-33-55(34-38-59)61-43-47-83-73(49-61)67-27-15-17-31-81(67)93(83)65-23-9-3-10-24-65)91-87(89-77)63-41-45-71-75(51-63)85-69-29-13-14-30-70(69)86(71)76-52-64(42-46-72(76)85)88-90-78(58-21-7-2-8-22-58)54-80(92-88)60-39-35-56(36-40-60)62-44-48-84-74(50-62)68-28-16-18-32-82(68)94(84)66-25-11-4-12-26-66/h1-54,85-86H. The summed E-state index contributed by atoms with van der Waals surface area (Å²) >= 11 is 0. The number of hydrogen-bond acceptors (Lipinski definition) is 4. The lowest BCUT2D eigenvalue weighted by Gasteiger charge is -2.42. The van der Waals surface area contributed by atoms with Crippen LogP contribution in [0.5, 0.6) is 0 Å². The molecular weight excluding hydrogens is 1140 g/mol. The maximum Gasteiger partial charge on any atom is 0.160 e. The summed E-state index contributed by atoms with van der Waals surface area (Å²) in [5.41, 5.74) is 29.2. The van der Waals surface area contributed by atoms with E-state index >= 15 is 0 Å². The van der Waals surface area contributed by atoms with Gasteiger partial charge in [0.05, 0.1) is 44.8 Å². The monoisotopic (exact) mass is 1200 g/mol. The average Bonchev–Trinajstić information content (AvgIpc) is 0.915. The van der Waals surface area contributed by atoms with Crippen molar-refractivity contribution in [1.82, 2.24) is 29.1 Å². The molecule has 0 radical (unpaired) electrons. The Labute approximate surface area is 543 Å². The van der Waals surface area contributed by atoms with Crippen LogP contribution in [0.4, 0.5) is 0 Å². The smallest absolute Gasteiger partial charge is 0.160 e. The summed E-state index contributed by atoms with van der Waals surface area (Å²) < 4.78 is 4.73. The molecular formula is C88H56N6. The molecule has 0 fully saturated rings. The predicted molar refractivity (Wildman–Crippen MR) is 385 cm³/mol. The minimum atomic E-state index is 0.00694. The fraction of sp³-hybridized carbons (Fsp3) is 0.0227. The number of rotatable bonds is 10. The number of benzene rings is 13. The Kier molecular flexibility index (Phi) is 12.3. The second-order valence-electron chi connectivity index (χ2n) is 24.8. The molecule has 2 atom stereocenters. The fourth-order valence-corrected chi connectivity index (χ4v) is 15.1. The quantitative estimate of drug-likeness (QED) is 0.137. The minimum Gasteiger partial charge on any atom is -0.309 e. The Hall–Kier alpha value is -12.4. The van der Waals surface area contributed by atoms with E-state index in [2.05, 4.69) is 337 Å². The minimum absolute atomic E-state index is 0.00694. The maximum atomic E-state index is 5.43. The SMILES string of the molecule is c1ccc(-c2cc(-c3ccc(-c4ccc5c(c4)c4ccccc4n5-c4ccccc4)cc3)nc(-c3ccc4c(c3)C3c5ccccc5C4c4cc(-c5nc(-c6ccccc6)cc(-c6ccc(-c7ccc8c(c7)c7ccccc7n8-c7ccccc7)cc6)n5)ccc43)n2)cc1. The summed E-state index contributed by atoms with van der Waals surface area (Å²) in [6.07, 6.45) is 0. The van der Waals surface area contributed by atoms with Crippen LogP contribution in [0.15, 0.2) is 328 Å². The van der Waals surface area contributed by atoms with Gasteiger partial charge >= 0.3 is 0 Å². The van der Waals surface area contributed by atoms with Crippen LogP contribution in [0, 0.1) is 0 Å². The zero-order valence-corrected chi connectivity index (χ0v) is 51.0. The number of fused-ring (bicyclic) bond motifs is 6. The van der Waals surface area contributed by atoms with Crippen LogP contribution in [0.25, 0.3) is 145 Å². The first-order valence-corrected chi connectivity index (χ1v) is 32.2. The number of aromatic nitrogens is 6. The van der Waals surface area contributed by atoms with Crippen molar-refractivity contribution in [3.63, 3.8) is 0 Å². The molecule has 13 aromatic carbocycles. The highest BCUT2D eigenvalue weighted by Crippen LogP contribution is 2.57. The molecule has 6 nitrogen and oxygen atoms in total. The van der Waals surface area contributed by atoms with Gasteiger partial charge in [-0.15, -0.1) is 0 Å². The van der Waals surface area contributed by atoms with Crippen molar-refractivity contribution in [3.05, 3.63) is 361 Å². The number of nitrogens with zero attached hydrogens (tertiary/aromatic N) is 6. The molecule has 0 N–H and O–H groups in total. The normalized spacial score (nSPS) is 13.7. The molecule has 3 aliphatic rings. The van der Waals surface area contributed by atoms with Gasteiger partial charge in [0.1, 0.15) is 0 Å². The highest BCUT2D eigenvalue weighted by atomic mass is 15.0. The highest BCUT2D eigenvalue weighted by molar-refractivity contribution is 6.12. The van der Waals surface area contributed by atoms with Crippen LogP contribution in [-0.2, 0) is 0 Å². The van der Waals surface area contributed by atoms with Gasteiger partial charge in [-0.2, -0.15) is 0 Å². The molecule has 0 amide bonds. The lowest BCUT2D eigenvalue weighted by Crippen LogP contribution is -2.27. The topological polar surface area (TPSA) is 61.4 Å². The van der Waals surface area contributed by atoms with Crippen LogP contribution >= 0.6 is 0 Å². The third-order valence-electron chi connectivity index (χ3n) is 19.5. The zero-order valence-electron chi connectivity index (χ0n) is 51.0. The first-order valence-electron chi connectivity index (χ1n) is 32.2. The second kappa shape index (κ2) is 21.7. The van der Waals surface area contributed by atoms with Gasteiger partial charge < -0.3 is 9.13 Å². The van der Waals surface area contributed by atoms with E-state index in [9.17, 15) is 0 Å². The van der Waals surface area contributed by atoms with Gasteiger partial charge in [-0.25, -0.2) is 19.9 Å². The fourth-order valence-electron chi connectivity index (χ4n) is 15.1. The van der Waals surface area contributed by atoms with Crippen molar-refractivity contribution in [2.45, 2.75) is 11.8 Å². The first-order chi connectivity index (χ1) is 46.6. The van der Waals surface area contributed by atoms with Crippen molar-refractivity contribution in [2.24, 2.45) is 0 Å². The Morgan fingerprint density at radius 2 is 0.489 bits per heavy atom. The molecule has 0 saturated heterocycles. The molecule has 3 aliphatic carbocycles. The first kappa shape index (κ1) is 53.5. The third kappa shape index (κ3) is 8.79. The van der Waals surface area contributed by atoms with Gasteiger partial charge in [0.15, 0.2) is 11.6 Å². The summed E-state index contributed by atoms with van der Waals surface area (Å²) in [5.74, 6) is 1.40. The van der Waals surface area contributed by atoms with Crippen molar-refractivity contribution in [3.8, 4) is 101 Å². The van der Waals surface area contributed by atoms with E-state index in [1.807, 2.05) is 0 Å². The van der Waals surface area contributed by atoms with Gasteiger partial charge in [-0.3, -0.25) is 0 Å². The van der Waals surface area contributed by atoms with E-state index in [0.29, 0.717) is 11.6 Å². The molecule has 0 saturated carbocycles. The van der Waals surface area contributed by atoms with Gasteiger partial charge in [-0.1, -0.05) is 243 Å². The summed E-state index contributed by atoms with van der Waals surface area (Å²) in [5, 5.41) is 4.93. The van der Waals surface area contributed by atoms with Crippen molar-refractivity contribution in [2.75, 3.05) is 0 Å². The summed E-state index contributed by atoms with van der Waals surface area (Å²) in [4.78, 5) is 21.6. The largest absolute Gasteiger partial charge is 0.309 e. The summed E-state index contributed by atoms with van der Waals surface area (Å²) in [7, 11) is 0. The lowest BCUT2D eigenvalue weighted by molar-refractivity contribution is 0.754. The molecule has 20 rings (SSSR count). The molecule has 4 aromatic heterocycles. The summed E-state index contributed by atoms with van der Waals surface area (Å²) in [6.45, 7) is 0. The van der Waals surface area contributed by atoms with E-state index in [0.717, 1.165) is 78.7 Å². The predicted octanol–water partition coefficient (Wildman–Crippen LogP) is 21.8. The van der Waals surface area contributed by atoms with Crippen LogP contribution in [0.3, 0.4) is 0 Å². The molecule has 17 aromatic rings. The Bertz CT molecular complexity index is 5470.